The number of nitrogens with zero attached hydrogens (tertiary/aromatic N) is 1. The van der Waals surface area contributed by atoms with Gasteiger partial charge >= 0.3 is 0 Å². The summed E-state index contributed by atoms with van der Waals surface area (Å²) in [4.78, 5) is 27.0. The van der Waals surface area contributed by atoms with E-state index in [0.717, 1.165) is 32.0 Å². The van der Waals surface area contributed by atoms with Gasteiger partial charge in [-0.15, -0.1) is 0 Å². The fourth-order valence-electron chi connectivity index (χ4n) is 3.28. The molecule has 3 aromatic carbocycles. The van der Waals surface area contributed by atoms with Gasteiger partial charge in [-0.25, -0.2) is 0 Å². The van der Waals surface area contributed by atoms with Crippen LogP contribution in [0.3, 0.4) is 0 Å². The first-order valence-electron chi connectivity index (χ1n) is 9.99. The maximum absolute atomic E-state index is 12.9. The Labute approximate surface area is 214 Å². The Balaban J connectivity index is 1.54. The van der Waals surface area contributed by atoms with Crippen molar-refractivity contribution < 1.29 is 19.1 Å². The maximum atomic E-state index is 12.9. The highest BCUT2D eigenvalue weighted by molar-refractivity contribution is 14.1. The first-order valence-corrected chi connectivity index (χ1v) is 12.3. The molecule has 0 aromatic heterocycles. The SMILES string of the molecule is COc1cc(/C=C2\SC(=O)N(Cc3ccccc3Cl)C2=O)cc(I)c1OCc1ccccc1. The number of methoxy groups -OCH3 is 1. The molecule has 168 valence electrons. The summed E-state index contributed by atoms with van der Waals surface area (Å²) < 4.78 is 12.4. The molecule has 3 aromatic rings. The lowest BCUT2D eigenvalue weighted by molar-refractivity contribution is -0.123. The van der Waals surface area contributed by atoms with Crippen LogP contribution >= 0.6 is 46.0 Å². The number of carbonyl (C=O) groups excluding carboxylic acids is 2. The summed E-state index contributed by atoms with van der Waals surface area (Å²) in [6.07, 6.45) is 1.70. The Morgan fingerprint density at radius 2 is 1.79 bits per heavy atom. The van der Waals surface area contributed by atoms with E-state index in [1.165, 1.54) is 4.90 Å². The average molecular weight is 592 g/mol. The van der Waals surface area contributed by atoms with Crippen LogP contribution in [0, 0.1) is 3.57 Å². The van der Waals surface area contributed by atoms with Crippen molar-refractivity contribution in [3.63, 3.8) is 0 Å². The van der Waals surface area contributed by atoms with E-state index < -0.39 is 0 Å². The molecule has 0 N–H and O–H groups in total. The molecule has 0 saturated carbocycles. The normalized spacial score (nSPS) is 14.8. The zero-order valence-corrected chi connectivity index (χ0v) is 21.3. The number of halogens is 2. The van der Waals surface area contributed by atoms with Gasteiger partial charge < -0.3 is 9.47 Å². The predicted molar refractivity (Wildman–Crippen MR) is 139 cm³/mol. The molecule has 0 unspecified atom stereocenters. The molecule has 0 spiro atoms. The van der Waals surface area contributed by atoms with Crippen molar-refractivity contribution in [2.24, 2.45) is 0 Å². The van der Waals surface area contributed by atoms with Gasteiger partial charge in [0.2, 0.25) is 0 Å². The van der Waals surface area contributed by atoms with Crippen molar-refractivity contribution in [2.75, 3.05) is 7.11 Å². The van der Waals surface area contributed by atoms with E-state index in [9.17, 15) is 9.59 Å². The van der Waals surface area contributed by atoms with Gasteiger partial charge in [0.25, 0.3) is 11.1 Å². The molecule has 1 aliphatic rings. The number of amides is 2. The Hall–Kier alpha value is -2.49. The topological polar surface area (TPSA) is 55.8 Å². The second-order valence-corrected chi connectivity index (χ2v) is 9.73. The van der Waals surface area contributed by atoms with Gasteiger partial charge in [0.05, 0.1) is 22.1 Å². The molecule has 1 heterocycles. The van der Waals surface area contributed by atoms with Crippen molar-refractivity contribution >= 4 is 63.2 Å². The van der Waals surface area contributed by atoms with Crippen LogP contribution < -0.4 is 9.47 Å². The molecule has 0 atom stereocenters. The molecule has 33 heavy (non-hydrogen) atoms. The Morgan fingerprint density at radius 1 is 1.06 bits per heavy atom. The zero-order chi connectivity index (χ0) is 23.4. The van der Waals surface area contributed by atoms with Crippen LogP contribution in [0.25, 0.3) is 6.08 Å². The van der Waals surface area contributed by atoms with E-state index >= 15 is 0 Å². The fourth-order valence-corrected chi connectivity index (χ4v) is 5.09. The molecule has 2 amide bonds. The molecule has 1 fully saturated rings. The minimum Gasteiger partial charge on any atom is -0.493 e. The predicted octanol–water partition coefficient (Wildman–Crippen LogP) is 6.77. The van der Waals surface area contributed by atoms with Gasteiger partial charge in [-0.05, 0) is 75.3 Å². The van der Waals surface area contributed by atoms with Crippen LogP contribution in [0.15, 0.2) is 71.6 Å². The highest BCUT2D eigenvalue weighted by Gasteiger charge is 2.35. The van der Waals surface area contributed by atoms with Crippen molar-refractivity contribution in [1.29, 1.82) is 0 Å². The van der Waals surface area contributed by atoms with Crippen LogP contribution in [-0.2, 0) is 17.9 Å². The first-order chi connectivity index (χ1) is 16.0. The largest absolute Gasteiger partial charge is 0.493 e. The minimum absolute atomic E-state index is 0.134. The van der Waals surface area contributed by atoms with Gasteiger partial charge in [-0.1, -0.05) is 60.1 Å². The second kappa shape index (κ2) is 10.6. The summed E-state index contributed by atoms with van der Waals surface area (Å²) in [7, 11) is 1.57. The molecular weight excluding hydrogens is 573 g/mol. The highest BCUT2D eigenvalue weighted by atomic mass is 127. The number of imide groups is 1. The van der Waals surface area contributed by atoms with Crippen LogP contribution in [0.5, 0.6) is 11.5 Å². The molecular formula is C25H19ClINO4S. The summed E-state index contributed by atoms with van der Waals surface area (Å²) in [6.45, 7) is 0.544. The molecule has 0 aliphatic carbocycles. The summed E-state index contributed by atoms with van der Waals surface area (Å²) in [5, 5.41) is 0.196. The highest BCUT2D eigenvalue weighted by Crippen LogP contribution is 2.38. The van der Waals surface area contributed by atoms with Crippen LogP contribution in [0.4, 0.5) is 4.79 Å². The van der Waals surface area contributed by atoms with Crippen LogP contribution in [0.1, 0.15) is 16.7 Å². The standard InChI is InChI=1S/C25H19ClINO4S/c1-31-21-12-17(11-20(27)23(21)32-15-16-7-3-2-4-8-16)13-22-24(29)28(25(30)33-22)14-18-9-5-6-10-19(18)26/h2-13H,14-15H2,1H3/b22-13-. The molecule has 0 bridgehead atoms. The summed E-state index contributed by atoms with van der Waals surface area (Å²) in [5.74, 6) is 0.841. The van der Waals surface area contributed by atoms with Crippen LogP contribution in [-0.4, -0.2) is 23.2 Å². The molecule has 5 nitrogen and oxygen atoms in total. The Bertz CT molecular complexity index is 1230. The number of thioether (sulfide) groups is 1. The molecule has 0 radical (unpaired) electrons. The number of hydrogen-bond acceptors (Lipinski definition) is 5. The van der Waals surface area contributed by atoms with E-state index in [2.05, 4.69) is 22.6 Å². The lowest BCUT2D eigenvalue weighted by Gasteiger charge is -2.14. The third-order valence-corrected chi connectivity index (χ3v) is 7.01. The van der Waals surface area contributed by atoms with E-state index in [4.69, 9.17) is 21.1 Å². The molecule has 1 saturated heterocycles. The van der Waals surface area contributed by atoms with E-state index in [1.807, 2.05) is 48.5 Å². The summed E-state index contributed by atoms with van der Waals surface area (Å²) in [6, 6.07) is 20.7. The van der Waals surface area contributed by atoms with Crippen molar-refractivity contribution in [3.05, 3.63) is 96.9 Å². The molecule has 8 heteroatoms. The average Bonchev–Trinajstić information content (AvgIpc) is 3.07. The number of rotatable bonds is 7. The number of carbonyl (C=O) groups is 2. The summed E-state index contributed by atoms with van der Waals surface area (Å²) >= 11 is 9.29. The van der Waals surface area contributed by atoms with E-state index in [-0.39, 0.29) is 17.7 Å². The van der Waals surface area contributed by atoms with Gasteiger partial charge in [-0.3, -0.25) is 14.5 Å². The maximum Gasteiger partial charge on any atom is 0.293 e. The fraction of sp³-hybridized carbons (Fsp3) is 0.120. The lowest BCUT2D eigenvalue weighted by atomic mass is 10.1. The van der Waals surface area contributed by atoms with E-state index in [0.29, 0.717) is 28.0 Å². The van der Waals surface area contributed by atoms with Gasteiger partial charge in [0.15, 0.2) is 11.5 Å². The van der Waals surface area contributed by atoms with E-state index in [1.54, 1.807) is 31.4 Å². The van der Waals surface area contributed by atoms with Crippen molar-refractivity contribution in [1.82, 2.24) is 4.90 Å². The second-order valence-electron chi connectivity index (χ2n) is 7.17. The van der Waals surface area contributed by atoms with Gasteiger partial charge in [0.1, 0.15) is 6.61 Å². The number of hydrogen-bond donors (Lipinski definition) is 0. The quantitative estimate of drug-likeness (QED) is 0.224. The lowest BCUT2D eigenvalue weighted by Crippen LogP contribution is -2.27. The summed E-state index contributed by atoms with van der Waals surface area (Å²) in [5.41, 5.74) is 2.51. The number of benzene rings is 3. The van der Waals surface area contributed by atoms with Gasteiger partial charge in [0, 0.05) is 5.02 Å². The van der Waals surface area contributed by atoms with Gasteiger partial charge in [-0.2, -0.15) is 0 Å². The Morgan fingerprint density at radius 3 is 2.52 bits per heavy atom. The minimum atomic E-state index is -0.344. The number of ether oxygens (including phenoxy) is 2. The van der Waals surface area contributed by atoms with Crippen LogP contribution in [0.2, 0.25) is 5.02 Å². The third-order valence-electron chi connectivity index (χ3n) is 4.94. The van der Waals surface area contributed by atoms with Crippen molar-refractivity contribution in [2.45, 2.75) is 13.2 Å². The smallest absolute Gasteiger partial charge is 0.293 e. The van der Waals surface area contributed by atoms with Crippen molar-refractivity contribution in [3.8, 4) is 11.5 Å². The molecule has 1 aliphatic heterocycles. The monoisotopic (exact) mass is 591 g/mol. The first kappa shape index (κ1) is 23.7. The third kappa shape index (κ3) is 5.54. The molecule has 4 rings (SSSR count). The zero-order valence-electron chi connectivity index (χ0n) is 17.6. The Kier molecular flexibility index (Phi) is 7.62.